The van der Waals surface area contributed by atoms with Crippen LogP contribution < -0.4 is 5.32 Å². The molecule has 2 N–H and O–H groups in total. The fourth-order valence-corrected chi connectivity index (χ4v) is 3.69. The average molecular weight is 436 g/mol. The summed E-state index contributed by atoms with van der Waals surface area (Å²) < 4.78 is 26.5. The summed E-state index contributed by atoms with van der Waals surface area (Å²) >= 11 is 0. The summed E-state index contributed by atoms with van der Waals surface area (Å²) in [6, 6.07) is 6.30. The van der Waals surface area contributed by atoms with E-state index in [1.807, 2.05) is 11.6 Å². The molecule has 1 fully saturated rings. The largest absolute Gasteiger partial charge is 0.451 e. The number of H-pyrrole nitrogens is 1. The molecular weight excluding hydrogens is 415 g/mol. The van der Waals surface area contributed by atoms with Crippen molar-refractivity contribution in [2.45, 2.75) is 31.9 Å². The van der Waals surface area contributed by atoms with Crippen LogP contribution >= 0.6 is 0 Å². The summed E-state index contributed by atoms with van der Waals surface area (Å²) in [5.74, 6) is -0.202. The minimum absolute atomic E-state index is 0.145. The highest BCUT2D eigenvalue weighted by molar-refractivity contribution is 6.04. The van der Waals surface area contributed by atoms with E-state index in [9.17, 15) is 9.18 Å². The second kappa shape index (κ2) is 8.39. The van der Waals surface area contributed by atoms with Crippen LogP contribution in [0.2, 0.25) is 0 Å². The average Bonchev–Trinajstić information content (AvgIpc) is 3.51. The number of rotatable bonds is 7. The number of aromatic nitrogens is 5. The van der Waals surface area contributed by atoms with Crippen molar-refractivity contribution in [3.05, 3.63) is 60.6 Å². The van der Waals surface area contributed by atoms with Crippen molar-refractivity contribution in [2.24, 2.45) is 0 Å². The van der Waals surface area contributed by atoms with Gasteiger partial charge in [-0.05, 0) is 44.0 Å². The summed E-state index contributed by atoms with van der Waals surface area (Å²) in [6.45, 7) is 2.65. The second-order valence-electron chi connectivity index (χ2n) is 7.54. The van der Waals surface area contributed by atoms with E-state index in [0.29, 0.717) is 29.4 Å². The van der Waals surface area contributed by atoms with Crippen molar-refractivity contribution >= 4 is 11.6 Å². The second-order valence-corrected chi connectivity index (χ2v) is 7.54. The van der Waals surface area contributed by atoms with Crippen LogP contribution in [0.4, 0.5) is 10.1 Å². The minimum atomic E-state index is -0.445. The standard InChI is InChI=1S/C22H21FN6O3/c1-2-31-16-7-15(8-16)29-12-18(21(28-29)17-4-3-14(23)11-24-17)27-22(30)20-6-5-19(32-20)13-9-25-26-10-13/h3-6,9-12,15-16H,2,7-8H2,1H3,(H,25,26)(H,27,30)/t15-,16-. The van der Waals surface area contributed by atoms with Gasteiger partial charge in [0.2, 0.25) is 0 Å². The van der Waals surface area contributed by atoms with E-state index in [2.05, 4.69) is 25.6 Å². The van der Waals surface area contributed by atoms with E-state index in [4.69, 9.17) is 9.15 Å². The highest BCUT2D eigenvalue weighted by Gasteiger charge is 2.32. The summed E-state index contributed by atoms with van der Waals surface area (Å²) in [5.41, 5.74) is 2.12. The van der Waals surface area contributed by atoms with E-state index in [-0.39, 0.29) is 17.9 Å². The predicted octanol–water partition coefficient (Wildman–Crippen LogP) is 4.06. The number of carbonyl (C=O) groups excluding carboxylic acids is 1. The molecule has 0 unspecified atom stereocenters. The number of halogens is 1. The molecule has 0 bridgehead atoms. The fraction of sp³-hybridized carbons (Fsp3) is 0.273. The Labute approximate surface area is 182 Å². The first-order valence-corrected chi connectivity index (χ1v) is 10.3. The van der Waals surface area contributed by atoms with Crippen LogP contribution in [0, 0.1) is 5.82 Å². The van der Waals surface area contributed by atoms with E-state index in [1.54, 1.807) is 30.7 Å². The molecule has 0 saturated heterocycles. The number of carbonyl (C=O) groups is 1. The molecule has 4 heterocycles. The number of nitrogens with zero attached hydrogens (tertiary/aromatic N) is 4. The number of nitrogens with one attached hydrogen (secondary N) is 2. The highest BCUT2D eigenvalue weighted by Crippen LogP contribution is 2.37. The number of hydrogen-bond donors (Lipinski definition) is 2. The molecule has 0 aromatic carbocycles. The number of aromatic amines is 1. The lowest BCUT2D eigenvalue weighted by molar-refractivity contribution is -0.0226. The van der Waals surface area contributed by atoms with Gasteiger partial charge < -0.3 is 14.5 Å². The van der Waals surface area contributed by atoms with Crippen molar-refractivity contribution in [1.82, 2.24) is 25.0 Å². The molecule has 0 spiro atoms. The third-order valence-electron chi connectivity index (χ3n) is 5.41. The summed E-state index contributed by atoms with van der Waals surface area (Å²) in [7, 11) is 0. The zero-order valence-electron chi connectivity index (χ0n) is 17.3. The van der Waals surface area contributed by atoms with Crippen LogP contribution in [0.3, 0.4) is 0 Å². The molecule has 0 aliphatic heterocycles. The van der Waals surface area contributed by atoms with E-state index in [0.717, 1.165) is 24.6 Å². The zero-order valence-corrected chi connectivity index (χ0v) is 17.3. The fourth-order valence-electron chi connectivity index (χ4n) is 3.69. The maximum atomic E-state index is 13.4. The summed E-state index contributed by atoms with van der Waals surface area (Å²) in [6.07, 6.45) is 8.07. The van der Waals surface area contributed by atoms with Gasteiger partial charge in [0.25, 0.3) is 5.91 Å². The summed E-state index contributed by atoms with van der Waals surface area (Å²) in [4.78, 5) is 17.0. The molecule has 5 rings (SSSR count). The molecule has 10 heteroatoms. The molecule has 0 radical (unpaired) electrons. The first-order chi connectivity index (χ1) is 15.6. The van der Waals surface area contributed by atoms with Crippen molar-refractivity contribution < 1.29 is 18.3 Å². The number of ether oxygens (including phenoxy) is 1. The van der Waals surface area contributed by atoms with Crippen molar-refractivity contribution in [2.75, 3.05) is 11.9 Å². The van der Waals surface area contributed by atoms with E-state index < -0.39 is 11.7 Å². The third kappa shape index (κ3) is 3.92. The van der Waals surface area contributed by atoms with Gasteiger partial charge in [-0.2, -0.15) is 10.2 Å². The van der Waals surface area contributed by atoms with Crippen LogP contribution in [0.15, 0.2) is 53.5 Å². The number of anilines is 1. The van der Waals surface area contributed by atoms with Crippen LogP contribution in [0.5, 0.6) is 0 Å². The molecule has 1 saturated carbocycles. The lowest BCUT2D eigenvalue weighted by Gasteiger charge is -2.34. The van der Waals surface area contributed by atoms with Gasteiger partial charge in [-0.3, -0.25) is 19.6 Å². The van der Waals surface area contributed by atoms with Gasteiger partial charge in [0.05, 0.1) is 41.5 Å². The molecule has 32 heavy (non-hydrogen) atoms. The number of hydrogen-bond acceptors (Lipinski definition) is 6. The SMILES string of the molecule is CCO[C@H]1C[C@H](n2cc(NC(=O)c3ccc(-c4cn[nH]c4)o3)c(-c3ccc(F)cn3)n2)C1. The monoisotopic (exact) mass is 436 g/mol. The minimum Gasteiger partial charge on any atom is -0.451 e. The lowest BCUT2D eigenvalue weighted by Crippen LogP contribution is -2.33. The Balaban J connectivity index is 1.40. The first kappa shape index (κ1) is 20.1. The van der Waals surface area contributed by atoms with Gasteiger partial charge in [0.1, 0.15) is 17.3 Å². The van der Waals surface area contributed by atoms with Crippen LogP contribution in [0.25, 0.3) is 22.7 Å². The molecule has 1 amide bonds. The third-order valence-corrected chi connectivity index (χ3v) is 5.41. The first-order valence-electron chi connectivity index (χ1n) is 10.3. The Morgan fingerprint density at radius 2 is 2.19 bits per heavy atom. The molecule has 0 atom stereocenters. The highest BCUT2D eigenvalue weighted by atomic mass is 19.1. The van der Waals surface area contributed by atoms with Gasteiger partial charge in [0, 0.05) is 19.0 Å². The van der Waals surface area contributed by atoms with Gasteiger partial charge in [-0.1, -0.05) is 0 Å². The maximum Gasteiger partial charge on any atom is 0.291 e. The molecule has 4 aromatic rings. The molecule has 9 nitrogen and oxygen atoms in total. The maximum absolute atomic E-state index is 13.4. The number of furan rings is 1. The predicted molar refractivity (Wildman–Crippen MR) is 113 cm³/mol. The van der Waals surface area contributed by atoms with Crippen LogP contribution in [-0.2, 0) is 4.74 Å². The Hall–Kier alpha value is -3.79. The van der Waals surface area contributed by atoms with Crippen molar-refractivity contribution in [3.63, 3.8) is 0 Å². The summed E-state index contributed by atoms with van der Waals surface area (Å²) in [5, 5.41) is 14.1. The molecule has 4 aromatic heterocycles. The Morgan fingerprint density at radius 1 is 1.31 bits per heavy atom. The molecule has 1 aliphatic carbocycles. The van der Waals surface area contributed by atoms with Gasteiger partial charge >= 0.3 is 0 Å². The van der Waals surface area contributed by atoms with Gasteiger partial charge in [-0.15, -0.1) is 0 Å². The van der Waals surface area contributed by atoms with Crippen LogP contribution in [-0.4, -0.2) is 43.6 Å². The number of pyridine rings is 1. The topological polar surface area (TPSA) is 111 Å². The Bertz CT molecular complexity index is 1210. The Morgan fingerprint density at radius 3 is 2.91 bits per heavy atom. The molecular formula is C22H21FN6O3. The number of amides is 1. The van der Waals surface area contributed by atoms with E-state index in [1.165, 1.54) is 12.1 Å². The van der Waals surface area contributed by atoms with Gasteiger partial charge in [0.15, 0.2) is 5.76 Å². The van der Waals surface area contributed by atoms with E-state index >= 15 is 0 Å². The lowest BCUT2D eigenvalue weighted by atomic mass is 9.89. The normalized spacial score (nSPS) is 17.8. The van der Waals surface area contributed by atoms with Crippen molar-refractivity contribution in [1.29, 1.82) is 0 Å². The zero-order chi connectivity index (χ0) is 22.1. The van der Waals surface area contributed by atoms with Crippen LogP contribution in [0.1, 0.15) is 36.4 Å². The van der Waals surface area contributed by atoms with Gasteiger partial charge in [-0.25, -0.2) is 4.39 Å². The molecule has 164 valence electrons. The smallest absolute Gasteiger partial charge is 0.291 e. The molecule has 1 aliphatic rings. The van der Waals surface area contributed by atoms with Crippen molar-refractivity contribution in [3.8, 4) is 22.7 Å². The quantitative estimate of drug-likeness (QED) is 0.452. The Kier molecular flexibility index (Phi) is 5.28.